The minimum atomic E-state index is 0. The van der Waals surface area contributed by atoms with Crippen molar-refractivity contribution < 1.29 is 4.52 Å². The summed E-state index contributed by atoms with van der Waals surface area (Å²) in [5, 5.41) is 11.7. The molecule has 0 amide bonds. The Morgan fingerprint density at radius 2 is 2.22 bits per heavy atom. The molecule has 1 aromatic heterocycles. The molecule has 27 heavy (non-hydrogen) atoms. The third-order valence-electron chi connectivity index (χ3n) is 4.77. The normalized spacial score (nSPS) is 17.0. The molecule has 0 aliphatic carbocycles. The van der Waals surface area contributed by atoms with Crippen LogP contribution in [0.1, 0.15) is 23.4 Å². The number of guanidine groups is 1. The van der Waals surface area contributed by atoms with Crippen LogP contribution in [0.4, 0.5) is 5.69 Å². The number of aryl methyl sites for hydroxylation is 2. The lowest BCUT2D eigenvalue weighted by atomic mass is 10.1. The summed E-state index contributed by atoms with van der Waals surface area (Å²) in [6.45, 7) is 6.65. The number of benzene rings is 1. The van der Waals surface area contributed by atoms with Crippen LogP contribution < -0.4 is 15.5 Å². The first-order valence-electron chi connectivity index (χ1n) is 8.96. The minimum absolute atomic E-state index is 0. The average molecular weight is 504 g/mol. The predicted molar refractivity (Wildman–Crippen MR) is 122 cm³/mol. The molecule has 0 bridgehead atoms. The molecule has 2 aromatic rings. The van der Waals surface area contributed by atoms with Gasteiger partial charge in [-0.05, 0) is 44.9 Å². The molecule has 0 radical (unpaired) electrons. The number of halogens is 2. The SMILES string of the molecule is CN=C(NCCc1c(C)noc1C)NC1CCN(c2cccc(Cl)c2)C1.I. The molecule has 2 heterocycles. The van der Waals surface area contributed by atoms with Gasteiger partial charge in [0.1, 0.15) is 5.76 Å². The van der Waals surface area contributed by atoms with E-state index in [1.807, 2.05) is 32.0 Å². The average Bonchev–Trinajstić information content (AvgIpc) is 3.22. The Morgan fingerprint density at radius 1 is 1.41 bits per heavy atom. The summed E-state index contributed by atoms with van der Waals surface area (Å²) in [5.41, 5.74) is 3.30. The molecule has 148 valence electrons. The number of nitrogens with one attached hydrogen (secondary N) is 2. The smallest absolute Gasteiger partial charge is 0.191 e. The highest BCUT2D eigenvalue weighted by Gasteiger charge is 2.23. The van der Waals surface area contributed by atoms with Gasteiger partial charge in [0.2, 0.25) is 0 Å². The Hall–Kier alpha value is -1.48. The van der Waals surface area contributed by atoms with Gasteiger partial charge >= 0.3 is 0 Å². The molecule has 0 saturated carbocycles. The van der Waals surface area contributed by atoms with Gasteiger partial charge in [-0.15, -0.1) is 24.0 Å². The molecule has 1 aliphatic heterocycles. The summed E-state index contributed by atoms with van der Waals surface area (Å²) in [6.07, 6.45) is 1.93. The second-order valence-corrected chi connectivity index (χ2v) is 7.04. The summed E-state index contributed by atoms with van der Waals surface area (Å²) in [5.74, 6) is 1.72. The van der Waals surface area contributed by atoms with E-state index >= 15 is 0 Å². The second kappa shape index (κ2) is 10.2. The highest BCUT2D eigenvalue weighted by atomic mass is 127. The van der Waals surface area contributed by atoms with E-state index in [9.17, 15) is 0 Å². The molecule has 0 spiro atoms. The Morgan fingerprint density at radius 3 is 2.89 bits per heavy atom. The topological polar surface area (TPSA) is 65.7 Å². The van der Waals surface area contributed by atoms with Crippen LogP contribution in [0.15, 0.2) is 33.8 Å². The summed E-state index contributed by atoms with van der Waals surface area (Å²) in [6, 6.07) is 8.38. The maximum Gasteiger partial charge on any atom is 0.191 e. The third kappa shape index (κ3) is 5.75. The van der Waals surface area contributed by atoms with E-state index in [0.29, 0.717) is 6.04 Å². The lowest BCUT2D eigenvalue weighted by molar-refractivity contribution is 0.392. The molecule has 1 atom stereocenters. The van der Waals surface area contributed by atoms with Gasteiger partial charge < -0.3 is 20.1 Å². The molecule has 1 aromatic carbocycles. The van der Waals surface area contributed by atoms with Crippen molar-refractivity contribution in [3.8, 4) is 0 Å². The van der Waals surface area contributed by atoms with E-state index in [0.717, 1.165) is 54.9 Å². The number of aromatic nitrogens is 1. The zero-order chi connectivity index (χ0) is 18.5. The molecule has 1 saturated heterocycles. The van der Waals surface area contributed by atoms with Crippen LogP contribution >= 0.6 is 35.6 Å². The Kier molecular flexibility index (Phi) is 8.22. The van der Waals surface area contributed by atoms with Crippen molar-refractivity contribution in [2.24, 2.45) is 4.99 Å². The Balaban J connectivity index is 0.00000261. The maximum atomic E-state index is 6.11. The monoisotopic (exact) mass is 503 g/mol. The van der Waals surface area contributed by atoms with Gasteiger partial charge in [-0.25, -0.2) is 0 Å². The van der Waals surface area contributed by atoms with Gasteiger partial charge in [0.25, 0.3) is 0 Å². The first kappa shape index (κ1) is 21.8. The van der Waals surface area contributed by atoms with E-state index in [2.05, 4.69) is 31.7 Å². The van der Waals surface area contributed by atoms with Crippen LogP contribution in [0.5, 0.6) is 0 Å². The highest BCUT2D eigenvalue weighted by molar-refractivity contribution is 14.0. The lowest BCUT2D eigenvalue weighted by Gasteiger charge is -2.20. The van der Waals surface area contributed by atoms with E-state index in [4.69, 9.17) is 16.1 Å². The standard InChI is InChI=1S/C19H26ClN5O.HI/c1-13-18(14(2)26-24-13)7-9-22-19(21-3)23-16-8-10-25(12-16)17-6-4-5-15(20)11-17;/h4-6,11,16H,7-10,12H2,1-3H3,(H2,21,22,23);1H. The van der Waals surface area contributed by atoms with Crippen LogP contribution in [0.3, 0.4) is 0 Å². The summed E-state index contributed by atoms with van der Waals surface area (Å²) in [4.78, 5) is 6.69. The highest BCUT2D eigenvalue weighted by Crippen LogP contribution is 2.23. The maximum absolute atomic E-state index is 6.11. The number of nitrogens with zero attached hydrogens (tertiary/aromatic N) is 3. The lowest BCUT2D eigenvalue weighted by Crippen LogP contribution is -2.45. The Bertz CT molecular complexity index is 760. The van der Waals surface area contributed by atoms with Crippen molar-refractivity contribution in [3.63, 3.8) is 0 Å². The number of rotatable bonds is 5. The van der Waals surface area contributed by atoms with Gasteiger partial charge in [-0.2, -0.15) is 0 Å². The summed E-state index contributed by atoms with van der Waals surface area (Å²) >= 11 is 6.11. The molecular weight excluding hydrogens is 477 g/mol. The van der Waals surface area contributed by atoms with Crippen molar-refractivity contribution in [1.82, 2.24) is 15.8 Å². The molecule has 6 nitrogen and oxygen atoms in total. The van der Waals surface area contributed by atoms with Crippen LogP contribution in [-0.4, -0.2) is 43.8 Å². The summed E-state index contributed by atoms with van der Waals surface area (Å²) < 4.78 is 5.21. The number of anilines is 1. The molecule has 8 heteroatoms. The van der Waals surface area contributed by atoms with Gasteiger partial charge in [0.05, 0.1) is 5.69 Å². The van der Waals surface area contributed by atoms with Gasteiger partial charge in [-0.3, -0.25) is 4.99 Å². The zero-order valence-electron chi connectivity index (χ0n) is 16.0. The number of hydrogen-bond acceptors (Lipinski definition) is 4. The largest absolute Gasteiger partial charge is 0.369 e. The van der Waals surface area contributed by atoms with Crippen molar-refractivity contribution in [3.05, 3.63) is 46.3 Å². The Labute approximate surface area is 182 Å². The van der Waals surface area contributed by atoms with E-state index in [-0.39, 0.29) is 24.0 Å². The number of hydrogen-bond donors (Lipinski definition) is 2. The van der Waals surface area contributed by atoms with E-state index in [1.165, 1.54) is 11.3 Å². The summed E-state index contributed by atoms with van der Waals surface area (Å²) in [7, 11) is 1.80. The van der Waals surface area contributed by atoms with Crippen molar-refractivity contribution in [2.75, 3.05) is 31.6 Å². The van der Waals surface area contributed by atoms with Gasteiger partial charge in [-0.1, -0.05) is 22.8 Å². The fraction of sp³-hybridized carbons (Fsp3) is 0.474. The van der Waals surface area contributed by atoms with Gasteiger partial charge in [0, 0.05) is 49.0 Å². The number of aliphatic imine (C=N–C) groups is 1. The van der Waals surface area contributed by atoms with Gasteiger partial charge in [0.15, 0.2) is 5.96 Å². The fourth-order valence-corrected chi connectivity index (χ4v) is 3.52. The van der Waals surface area contributed by atoms with Crippen molar-refractivity contribution >= 4 is 47.2 Å². The third-order valence-corrected chi connectivity index (χ3v) is 5.01. The van der Waals surface area contributed by atoms with Crippen molar-refractivity contribution in [2.45, 2.75) is 32.7 Å². The van der Waals surface area contributed by atoms with E-state index < -0.39 is 0 Å². The van der Waals surface area contributed by atoms with Crippen LogP contribution in [-0.2, 0) is 6.42 Å². The van der Waals surface area contributed by atoms with Crippen LogP contribution in [0.2, 0.25) is 5.02 Å². The fourth-order valence-electron chi connectivity index (χ4n) is 3.34. The quantitative estimate of drug-likeness (QED) is 0.371. The van der Waals surface area contributed by atoms with Crippen LogP contribution in [0, 0.1) is 13.8 Å². The molecule has 2 N–H and O–H groups in total. The molecule has 1 fully saturated rings. The van der Waals surface area contributed by atoms with Crippen molar-refractivity contribution in [1.29, 1.82) is 0 Å². The first-order chi connectivity index (χ1) is 12.6. The molecular formula is C19H27ClIN5O. The zero-order valence-corrected chi connectivity index (χ0v) is 19.0. The predicted octanol–water partition coefficient (Wildman–Crippen LogP) is 3.55. The molecule has 3 rings (SSSR count). The van der Waals surface area contributed by atoms with E-state index in [1.54, 1.807) is 7.05 Å². The molecule has 1 aliphatic rings. The second-order valence-electron chi connectivity index (χ2n) is 6.61. The first-order valence-corrected chi connectivity index (χ1v) is 9.34. The van der Waals surface area contributed by atoms with Crippen LogP contribution in [0.25, 0.3) is 0 Å². The molecule has 1 unspecified atom stereocenters. The minimum Gasteiger partial charge on any atom is -0.369 e.